The van der Waals surface area contributed by atoms with E-state index in [1.807, 2.05) is 0 Å². The predicted molar refractivity (Wildman–Crippen MR) is 43.8 cm³/mol. The van der Waals surface area contributed by atoms with Crippen LogP contribution in [0, 0.1) is 0 Å². The summed E-state index contributed by atoms with van der Waals surface area (Å²) in [7, 11) is 3.01. The van der Waals surface area contributed by atoms with Crippen LogP contribution in [0.25, 0.3) is 0 Å². The zero-order valence-corrected chi connectivity index (χ0v) is 7.50. The summed E-state index contributed by atoms with van der Waals surface area (Å²) in [4.78, 5) is 11.2. The molecule has 0 aromatic heterocycles. The minimum atomic E-state index is -0.284. The van der Waals surface area contributed by atoms with Crippen molar-refractivity contribution in [2.75, 3.05) is 20.8 Å². The number of carbonyl (C=O) groups is 1. The molecule has 1 N–H and O–H groups in total. The number of piperidine rings is 1. The second-order valence-electron chi connectivity index (χ2n) is 2.87. The molecule has 1 aliphatic heterocycles. The van der Waals surface area contributed by atoms with E-state index < -0.39 is 0 Å². The third kappa shape index (κ3) is 1.95. The number of carbonyl (C=O) groups excluding carboxylic acids is 1. The normalized spacial score (nSPS) is 29.8. The van der Waals surface area contributed by atoms with Gasteiger partial charge < -0.3 is 14.8 Å². The SMILES string of the molecule is COC(=O)C1NCCCC1OC. The van der Waals surface area contributed by atoms with Gasteiger partial charge in [0.1, 0.15) is 6.04 Å². The molecule has 0 saturated carbocycles. The molecule has 12 heavy (non-hydrogen) atoms. The van der Waals surface area contributed by atoms with Crippen LogP contribution in [-0.4, -0.2) is 38.9 Å². The first-order valence-electron chi connectivity index (χ1n) is 4.13. The largest absolute Gasteiger partial charge is 0.468 e. The maximum Gasteiger partial charge on any atom is 0.325 e. The third-order valence-corrected chi connectivity index (χ3v) is 2.16. The van der Waals surface area contributed by atoms with Crippen LogP contribution in [0.5, 0.6) is 0 Å². The Balaban J connectivity index is 2.52. The Labute approximate surface area is 72.2 Å². The molecule has 0 radical (unpaired) electrons. The fourth-order valence-electron chi connectivity index (χ4n) is 1.47. The molecule has 0 aromatic carbocycles. The second kappa shape index (κ2) is 4.42. The highest BCUT2D eigenvalue weighted by Gasteiger charge is 2.31. The summed E-state index contributed by atoms with van der Waals surface area (Å²) in [5, 5.41) is 3.07. The van der Waals surface area contributed by atoms with Crippen molar-refractivity contribution in [3.63, 3.8) is 0 Å². The van der Waals surface area contributed by atoms with Crippen molar-refractivity contribution in [3.05, 3.63) is 0 Å². The van der Waals surface area contributed by atoms with Gasteiger partial charge in [0.15, 0.2) is 0 Å². The van der Waals surface area contributed by atoms with Gasteiger partial charge >= 0.3 is 5.97 Å². The highest BCUT2D eigenvalue weighted by Crippen LogP contribution is 2.12. The number of ether oxygens (including phenoxy) is 2. The lowest BCUT2D eigenvalue weighted by atomic mass is 10.0. The van der Waals surface area contributed by atoms with Gasteiger partial charge in [-0.15, -0.1) is 0 Å². The summed E-state index contributed by atoms with van der Waals surface area (Å²) in [6, 6.07) is -0.284. The summed E-state index contributed by atoms with van der Waals surface area (Å²) in [5.41, 5.74) is 0. The highest BCUT2D eigenvalue weighted by atomic mass is 16.5. The Kier molecular flexibility index (Phi) is 3.49. The molecule has 4 heteroatoms. The van der Waals surface area contributed by atoms with Gasteiger partial charge in [-0.05, 0) is 19.4 Å². The Bertz CT molecular complexity index is 160. The van der Waals surface area contributed by atoms with E-state index in [4.69, 9.17) is 4.74 Å². The molecule has 0 amide bonds. The molecule has 70 valence electrons. The van der Waals surface area contributed by atoms with Gasteiger partial charge in [-0.25, -0.2) is 0 Å². The summed E-state index contributed by atoms with van der Waals surface area (Å²) >= 11 is 0. The lowest BCUT2D eigenvalue weighted by molar-refractivity contribution is -0.148. The summed E-state index contributed by atoms with van der Waals surface area (Å²) in [6.45, 7) is 0.861. The first-order chi connectivity index (χ1) is 5.79. The van der Waals surface area contributed by atoms with E-state index in [0.717, 1.165) is 19.4 Å². The van der Waals surface area contributed by atoms with Crippen molar-refractivity contribution in [2.45, 2.75) is 25.0 Å². The fourth-order valence-corrected chi connectivity index (χ4v) is 1.47. The number of methoxy groups -OCH3 is 2. The van der Waals surface area contributed by atoms with Gasteiger partial charge in [0, 0.05) is 7.11 Å². The van der Waals surface area contributed by atoms with Gasteiger partial charge in [0.05, 0.1) is 13.2 Å². The Morgan fingerprint density at radius 2 is 2.25 bits per heavy atom. The van der Waals surface area contributed by atoms with Crippen LogP contribution < -0.4 is 5.32 Å². The topological polar surface area (TPSA) is 47.6 Å². The molecule has 1 fully saturated rings. The molecule has 0 spiro atoms. The van der Waals surface area contributed by atoms with Gasteiger partial charge in [-0.1, -0.05) is 0 Å². The average molecular weight is 173 g/mol. The van der Waals surface area contributed by atoms with Crippen LogP contribution >= 0.6 is 0 Å². The standard InChI is InChI=1S/C8H15NO3/c1-11-6-4-3-5-9-7(6)8(10)12-2/h6-7,9H,3-5H2,1-2H3. The first kappa shape index (κ1) is 9.48. The quantitative estimate of drug-likeness (QED) is 0.594. The molecular weight excluding hydrogens is 158 g/mol. The first-order valence-corrected chi connectivity index (χ1v) is 4.13. The second-order valence-corrected chi connectivity index (χ2v) is 2.87. The van der Waals surface area contributed by atoms with E-state index in [2.05, 4.69) is 10.1 Å². The summed E-state index contributed by atoms with van der Waals surface area (Å²) in [6.07, 6.45) is 1.93. The van der Waals surface area contributed by atoms with Crippen LogP contribution in [0.15, 0.2) is 0 Å². The zero-order valence-electron chi connectivity index (χ0n) is 7.50. The molecular formula is C8H15NO3. The van der Waals surface area contributed by atoms with Gasteiger partial charge in [0.2, 0.25) is 0 Å². The van der Waals surface area contributed by atoms with Crippen molar-refractivity contribution in [1.82, 2.24) is 5.32 Å². The van der Waals surface area contributed by atoms with Crippen LogP contribution in [-0.2, 0) is 14.3 Å². The van der Waals surface area contributed by atoms with E-state index in [0.29, 0.717) is 0 Å². The smallest absolute Gasteiger partial charge is 0.325 e. The third-order valence-electron chi connectivity index (χ3n) is 2.16. The fraction of sp³-hybridized carbons (Fsp3) is 0.875. The minimum Gasteiger partial charge on any atom is -0.468 e. The molecule has 0 aliphatic carbocycles. The van der Waals surface area contributed by atoms with Crippen molar-refractivity contribution >= 4 is 5.97 Å². The van der Waals surface area contributed by atoms with Crippen molar-refractivity contribution < 1.29 is 14.3 Å². The number of hydrogen-bond acceptors (Lipinski definition) is 4. The minimum absolute atomic E-state index is 0.0359. The maximum absolute atomic E-state index is 11.2. The molecule has 0 aromatic rings. The average Bonchev–Trinajstić information content (AvgIpc) is 2.16. The molecule has 0 bridgehead atoms. The van der Waals surface area contributed by atoms with Crippen molar-refractivity contribution in [2.24, 2.45) is 0 Å². The summed E-state index contributed by atoms with van der Waals surface area (Å²) in [5.74, 6) is -0.235. The molecule has 2 atom stereocenters. The van der Waals surface area contributed by atoms with Gasteiger partial charge in [0.25, 0.3) is 0 Å². The lowest BCUT2D eigenvalue weighted by Gasteiger charge is -2.29. The van der Waals surface area contributed by atoms with Gasteiger partial charge in [-0.2, -0.15) is 0 Å². The molecule has 1 heterocycles. The van der Waals surface area contributed by atoms with E-state index in [9.17, 15) is 4.79 Å². The molecule has 1 saturated heterocycles. The van der Waals surface area contributed by atoms with E-state index in [1.165, 1.54) is 7.11 Å². The highest BCUT2D eigenvalue weighted by molar-refractivity contribution is 5.76. The maximum atomic E-state index is 11.2. The number of rotatable bonds is 2. The summed E-state index contributed by atoms with van der Waals surface area (Å²) < 4.78 is 9.80. The van der Waals surface area contributed by atoms with E-state index in [-0.39, 0.29) is 18.1 Å². The van der Waals surface area contributed by atoms with Crippen molar-refractivity contribution in [3.8, 4) is 0 Å². The van der Waals surface area contributed by atoms with E-state index >= 15 is 0 Å². The number of esters is 1. The molecule has 2 unspecified atom stereocenters. The lowest BCUT2D eigenvalue weighted by Crippen LogP contribution is -2.51. The monoisotopic (exact) mass is 173 g/mol. The zero-order chi connectivity index (χ0) is 8.97. The Morgan fingerprint density at radius 3 is 2.83 bits per heavy atom. The molecule has 4 nitrogen and oxygen atoms in total. The van der Waals surface area contributed by atoms with Gasteiger partial charge in [-0.3, -0.25) is 4.79 Å². The van der Waals surface area contributed by atoms with Crippen LogP contribution in [0.4, 0.5) is 0 Å². The number of nitrogens with one attached hydrogen (secondary N) is 1. The number of hydrogen-bond donors (Lipinski definition) is 1. The van der Waals surface area contributed by atoms with Crippen LogP contribution in [0.2, 0.25) is 0 Å². The van der Waals surface area contributed by atoms with E-state index in [1.54, 1.807) is 7.11 Å². The molecule has 1 aliphatic rings. The predicted octanol–water partition coefficient (Wildman–Crippen LogP) is -0.0736. The Hall–Kier alpha value is -0.610. The Morgan fingerprint density at radius 1 is 1.50 bits per heavy atom. The van der Waals surface area contributed by atoms with Crippen molar-refractivity contribution in [1.29, 1.82) is 0 Å². The van der Waals surface area contributed by atoms with Crippen LogP contribution in [0.3, 0.4) is 0 Å². The molecule has 1 rings (SSSR count). The van der Waals surface area contributed by atoms with Crippen LogP contribution in [0.1, 0.15) is 12.8 Å².